The van der Waals surface area contributed by atoms with E-state index in [0.717, 1.165) is 5.56 Å². The molecule has 0 aliphatic rings. The summed E-state index contributed by atoms with van der Waals surface area (Å²) in [5, 5.41) is 7.50. The zero-order valence-corrected chi connectivity index (χ0v) is 12.8. The summed E-state index contributed by atoms with van der Waals surface area (Å²) in [6, 6.07) is 6.74. The summed E-state index contributed by atoms with van der Waals surface area (Å²) in [7, 11) is -4.23. The third kappa shape index (κ3) is 3.72. The Balaban J connectivity index is 3.17. The van der Waals surface area contributed by atoms with Gasteiger partial charge in [0.1, 0.15) is 5.75 Å². The minimum Gasteiger partial charge on any atom is -0.480 e. The summed E-state index contributed by atoms with van der Waals surface area (Å²) in [6.45, 7) is 6.89. The lowest BCUT2D eigenvalue weighted by Gasteiger charge is -2.19. The maximum Gasteiger partial charge on any atom is 0.325 e. The van der Waals surface area contributed by atoms with Gasteiger partial charge < -0.3 is 9.29 Å². The minimum atomic E-state index is -4.23. The van der Waals surface area contributed by atoms with Crippen LogP contribution in [0.2, 0.25) is 0 Å². The van der Waals surface area contributed by atoms with Crippen LogP contribution in [-0.2, 0) is 14.9 Å². The monoisotopic (exact) mass is 300 g/mol. The summed E-state index contributed by atoms with van der Waals surface area (Å²) in [6.07, 6.45) is 0. The van der Waals surface area contributed by atoms with E-state index in [9.17, 15) is 13.2 Å². The van der Waals surface area contributed by atoms with Crippen LogP contribution < -0.4 is 4.18 Å². The number of carboxylic acids is 1. The van der Waals surface area contributed by atoms with Crippen molar-refractivity contribution in [2.45, 2.75) is 38.9 Å². The van der Waals surface area contributed by atoms with Gasteiger partial charge in [-0.15, -0.1) is 0 Å². The molecule has 0 aromatic heterocycles. The van der Waals surface area contributed by atoms with Crippen LogP contribution in [0.15, 0.2) is 24.3 Å². The van der Waals surface area contributed by atoms with E-state index in [0.29, 0.717) is 0 Å². The highest BCUT2D eigenvalue weighted by Crippen LogP contribution is 2.28. The van der Waals surface area contributed by atoms with E-state index in [1.165, 1.54) is 19.9 Å². The first kappa shape index (κ1) is 16.5. The first-order chi connectivity index (χ1) is 9.16. The van der Waals surface area contributed by atoms with E-state index in [4.69, 9.17) is 9.29 Å². The molecule has 1 atom stereocenters. The first-order valence-corrected chi connectivity index (χ1v) is 7.89. The van der Waals surface area contributed by atoms with Crippen LogP contribution in [0.3, 0.4) is 0 Å². The summed E-state index contributed by atoms with van der Waals surface area (Å²) in [5.41, 5.74) is 0.726. The van der Waals surface area contributed by atoms with Crippen LogP contribution in [0.5, 0.6) is 5.75 Å². The Morgan fingerprint density at radius 3 is 2.15 bits per heavy atom. The number of aliphatic carboxylic acids is 1. The molecule has 6 heteroatoms. The molecule has 0 saturated heterocycles. The average Bonchev–Trinajstić information content (AvgIpc) is 2.26. The molecule has 0 aliphatic heterocycles. The highest BCUT2D eigenvalue weighted by Gasteiger charge is 2.37. The van der Waals surface area contributed by atoms with E-state index in [1.807, 2.05) is 13.8 Å². The predicted molar refractivity (Wildman–Crippen MR) is 76.3 cm³/mol. The van der Waals surface area contributed by atoms with Gasteiger partial charge in [0.05, 0.1) is 0 Å². The molecule has 1 unspecified atom stereocenters. The molecule has 1 aromatic rings. The molecule has 20 heavy (non-hydrogen) atoms. The van der Waals surface area contributed by atoms with Gasteiger partial charge >= 0.3 is 16.1 Å². The van der Waals surface area contributed by atoms with Gasteiger partial charge in [-0.3, -0.25) is 4.79 Å². The molecular weight excluding hydrogens is 280 g/mol. The summed E-state index contributed by atoms with van der Waals surface area (Å²) < 4.78 is 29.4. The SMILES string of the molecule is CC(C)c1ccccc1OS(=O)(=O)C(C(=O)O)C(C)C. The number of para-hydroxylation sites is 1. The van der Waals surface area contributed by atoms with E-state index in [2.05, 4.69) is 0 Å². The van der Waals surface area contributed by atoms with Gasteiger partial charge in [0.25, 0.3) is 0 Å². The van der Waals surface area contributed by atoms with E-state index in [1.54, 1.807) is 18.2 Å². The van der Waals surface area contributed by atoms with Crippen molar-refractivity contribution >= 4 is 16.1 Å². The number of hydrogen-bond donors (Lipinski definition) is 1. The van der Waals surface area contributed by atoms with Gasteiger partial charge in [-0.05, 0) is 23.5 Å². The average molecular weight is 300 g/mol. The Morgan fingerprint density at radius 2 is 1.70 bits per heavy atom. The Labute approximate surface area is 119 Å². The number of rotatable bonds is 6. The topological polar surface area (TPSA) is 80.7 Å². The van der Waals surface area contributed by atoms with Gasteiger partial charge in [0, 0.05) is 0 Å². The van der Waals surface area contributed by atoms with Crippen LogP contribution in [0.4, 0.5) is 0 Å². The largest absolute Gasteiger partial charge is 0.480 e. The fraction of sp³-hybridized carbons (Fsp3) is 0.500. The Morgan fingerprint density at radius 1 is 1.15 bits per heavy atom. The highest BCUT2D eigenvalue weighted by atomic mass is 32.2. The second-order valence-electron chi connectivity index (χ2n) is 5.27. The molecule has 0 bridgehead atoms. The van der Waals surface area contributed by atoms with Crippen LogP contribution in [0.1, 0.15) is 39.2 Å². The van der Waals surface area contributed by atoms with Crippen molar-refractivity contribution in [3.63, 3.8) is 0 Å². The number of hydrogen-bond acceptors (Lipinski definition) is 4. The van der Waals surface area contributed by atoms with Crippen molar-refractivity contribution in [3.05, 3.63) is 29.8 Å². The molecule has 0 amide bonds. The predicted octanol–water partition coefficient (Wildman–Crippen LogP) is 2.63. The van der Waals surface area contributed by atoms with E-state index in [-0.39, 0.29) is 11.7 Å². The Kier molecular flexibility index (Phi) is 5.16. The highest BCUT2D eigenvalue weighted by molar-refractivity contribution is 7.88. The lowest BCUT2D eigenvalue weighted by atomic mass is 10.0. The normalized spacial score (nSPS) is 13.5. The van der Waals surface area contributed by atoms with Crippen LogP contribution in [0, 0.1) is 5.92 Å². The Hall–Kier alpha value is -1.56. The molecule has 1 N–H and O–H groups in total. The van der Waals surface area contributed by atoms with Crippen LogP contribution in [-0.4, -0.2) is 24.7 Å². The third-order valence-electron chi connectivity index (χ3n) is 2.91. The van der Waals surface area contributed by atoms with Crippen molar-refractivity contribution in [2.75, 3.05) is 0 Å². The number of benzene rings is 1. The second kappa shape index (κ2) is 6.26. The molecular formula is C14H20O5S. The van der Waals surface area contributed by atoms with Gasteiger partial charge in [-0.2, -0.15) is 8.42 Å². The second-order valence-corrected chi connectivity index (χ2v) is 6.93. The number of carboxylic acid groups (broad SMARTS) is 1. The van der Waals surface area contributed by atoms with Crippen molar-refractivity contribution in [1.29, 1.82) is 0 Å². The molecule has 0 saturated carbocycles. The molecule has 1 rings (SSSR count). The summed E-state index contributed by atoms with van der Waals surface area (Å²) in [5.74, 6) is -1.72. The molecule has 0 aliphatic carbocycles. The molecule has 1 aromatic carbocycles. The maximum atomic E-state index is 12.2. The van der Waals surface area contributed by atoms with Gasteiger partial charge in [0.2, 0.25) is 0 Å². The molecule has 0 fully saturated rings. The quantitative estimate of drug-likeness (QED) is 0.817. The fourth-order valence-electron chi connectivity index (χ4n) is 1.95. The molecule has 0 spiro atoms. The zero-order valence-electron chi connectivity index (χ0n) is 12.0. The van der Waals surface area contributed by atoms with E-state index < -0.39 is 27.3 Å². The van der Waals surface area contributed by atoms with Crippen molar-refractivity contribution in [1.82, 2.24) is 0 Å². The summed E-state index contributed by atoms with van der Waals surface area (Å²) >= 11 is 0. The lowest BCUT2D eigenvalue weighted by molar-refractivity contribution is -0.137. The zero-order chi connectivity index (χ0) is 15.5. The molecule has 0 heterocycles. The summed E-state index contributed by atoms with van der Waals surface area (Å²) in [4.78, 5) is 11.1. The molecule has 5 nitrogen and oxygen atoms in total. The van der Waals surface area contributed by atoms with E-state index >= 15 is 0 Å². The molecule has 112 valence electrons. The smallest absolute Gasteiger partial charge is 0.325 e. The fourth-order valence-corrected chi connectivity index (χ4v) is 3.37. The maximum absolute atomic E-state index is 12.2. The molecule has 0 radical (unpaired) electrons. The van der Waals surface area contributed by atoms with Crippen molar-refractivity contribution in [3.8, 4) is 5.75 Å². The van der Waals surface area contributed by atoms with Crippen molar-refractivity contribution in [2.24, 2.45) is 5.92 Å². The third-order valence-corrected chi connectivity index (χ3v) is 4.69. The first-order valence-electron chi connectivity index (χ1n) is 6.41. The van der Waals surface area contributed by atoms with Gasteiger partial charge in [0.15, 0.2) is 5.25 Å². The van der Waals surface area contributed by atoms with Crippen molar-refractivity contribution < 1.29 is 22.5 Å². The van der Waals surface area contributed by atoms with Gasteiger partial charge in [-0.25, -0.2) is 0 Å². The lowest BCUT2D eigenvalue weighted by Crippen LogP contribution is -2.37. The van der Waals surface area contributed by atoms with Gasteiger partial charge in [-0.1, -0.05) is 45.9 Å². The van der Waals surface area contributed by atoms with Crippen LogP contribution in [0.25, 0.3) is 0 Å². The van der Waals surface area contributed by atoms with Crippen LogP contribution >= 0.6 is 0 Å². The number of carbonyl (C=O) groups is 1. The standard InChI is InChI=1S/C14H20O5S/c1-9(2)11-7-5-6-8-12(11)19-20(17,18)13(10(3)4)14(15)16/h5-10,13H,1-4H3,(H,15,16). The Bertz CT molecular complexity index is 575. The minimum absolute atomic E-state index is 0.0729.